The molecule has 0 aliphatic carbocycles. The molecule has 4 rings (SSSR count). The van der Waals surface area contributed by atoms with E-state index in [4.69, 9.17) is 33.6 Å². The zero-order chi connectivity index (χ0) is 23.4. The topological polar surface area (TPSA) is 151 Å². The Balaban J connectivity index is 1.44. The molecule has 1 unspecified atom stereocenters. The van der Waals surface area contributed by atoms with Gasteiger partial charge < -0.3 is 21.1 Å². The number of hydrogen-bond acceptors (Lipinski definition) is 9. The summed E-state index contributed by atoms with van der Waals surface area (Å²) in [5, 5.41) is 14.1. The third kappa shape index (κ3) is 6.26. The summed E-state index contributed by atoms with van der Waals surface area (Å²) in [7, 11) is 1.65. The number of morpholine rings is 1. The molecule has 33 heavy (non-hydrogen) atoms. The Morgan fingerprint density at radius 2 is 2.00 bits per heavy atom. The third-order valence-electron chi connectivity index (χ3n) is 6.24. The van der Waals surface area contributed by atoms with Crippen LogP contribution in [-0.2, 0) is 11.2 Å². The fourth-order valence-electron chi connectivity index (χ4n) is 4.71. The van der Waals surface area contributed by atoms with Gasteiger partial charge in [-0.25, -0.2) is 11.0 Å². The van der Waals surface area contributed by atoms with Crippen molar-refractivity contribution in [1.82, 2.24) is 25.2 Å². The van der Waals surface area contributed by atoms with Gasteiger partial charge in [-0.15, -0.1) is 15.3 Å². The Bertz CT molecular complexity index is 925. The van der Waals surface area contributed by atoms with Crippen molar-refractivity contribution in [1.29, 1.82) is 0 Å². The second-order valence-corrected chi connectivity index (χ2v) is 9.19. The lowest BCUT2D eigenvalue weighted by Gasteiger charge is -2.46. The van der Waals surface area contributed by atoms with E-state index in [9.17, 15) is 0 Å². The summed E-state index contributed by atoms with van der Waals surface area (Å²) >= 11 is 6.08. The largest absolute Gasteiger partial charge is 0.386 e. The molecule has 3 heterocycles. The lowest BCUT2D eigenvalue weighted by molar-refractivity contribution is -0.0790. The lowest BCUT2D eigenvalue weighted by atomic mass is 9.96. The number of nitrogen functional groups attached to an aromatic ring is 1. The quantitative estimate of drug-likeness (QED) is 0.197. The highest BCUT2D eigenvalue weighted by Crippen LogP contribution is 2.27. The van der Waals surface area contributed by atoms with Gasteiger partial charge >= 0.3 is 0 Å². The number of H-pyrrole nitrogens is 1. The fraction of sp³-hybridized carbons (Fsp3) is 0.571. The molecular weight excluding hydrogens is 444 g/mol. The highest BCUT2D eigenvalue weighted by atomic mass is 35.5. The molecule has 2 atom stereocenters. The number of nitrogens with one attached hydrogen (secondary N) is 1. The summed E-state index contributed by atoms with van der Waals surface area (Å²) < 4.78 is 6.22. The number of piperidine rings is 1. The number of benzene rings is 1. The number of aromatic nitrogens is 3. The Morgan fingerprint density at radius 1 is 1.27 bits per heavy atom. The summed E-state index contributed by atoms with van der Waals surface area (Å²) in [6, 6.07) is 8.76. The van der Waals surface area contributed by atoms with E-state index in [2.05, 4.69) is 42.2 Å². The van der Waals surface area contributed by atoms with E-state index in [1.165, 1.54) is 10.7 Å². The van der Waals surface area contributed by atoms with Crippen molar-refractivity contribution in [3.8, 4) is 0 Å². The van der Waals surface area contributed by atoms with Crippen molar-refractivity contribution >= 4 is 29.3 Å². The smallest absolute Gasteiger partial charge is 0.226 e. The molecule has 2 aliphatic heterocycles. The number of aromatic amines is 1. The number of hydrazone groups is 1. The van der Waals surface area contributed by atoms with Crippen LogP contribution in [0.4, 0.5) is 11.9 Å². The van der Waals surface area contributed by atoms with Crippen LogP contribution in [0.3, 0.4) is 0 Å². The van der Waals surface area contributed by atoms with Crippen molar-refractivity contribution < 1.29 is 4.74 Å². The molecule has 2 saturated heterocycles. The molecule has 0 spiro atoms. The standard InChI is InChI=1S/C21H33ClN10O/c1-30(25)29-19(23)11-18-12-32(17(13-33-18)10-14-2-4-15(22)5-3-14)16-6-8-31(9-7-16)21-26-20(24)27-28-21/h2-5,16-18H,6-13,25H2,1H3,(H2,23,29)(H3,24,26,27,28)/t17-,18?/m0/s1. The van der Waals surface area contributed by atoms with Gasteiger partial charge in [0.15, 0.2) is 0 Å². The van der Waals surface area contributed by atoms with Crippen LogP contribution in [0, 0.1) is 0 Å². The summed E-state index contributed by atoms with van der Waals surface area (Å²) in [5.74, 6) is 7.15. The molecule has 0 bridgehead atoms. The molecule has 2 fully saturated rings. The van der Waals surface area contributed by atoms with Gasteiger partial charge in [-0.1, -0.05) is 23.7 Å². The predicted octanol–water partition coefficient (Wildman–Crippen LogP) is 0.789. The van der Waals surface area contributed by atoms with Gasteiger partial charge in [0.25, 0.3) is 0 Å². The Hall–Kier alpha value is -2.60. The Morgan fingerprint density at radius 3 is 2.64 bits per heavy atom. The fourth-order valence-corrected chi connectivity index (χ4v) is 4.84. The van der Waals surface area contributed by atoms with Gasteiger partial charge in [-0.2, -0.15) is 0 Å². The van der Waals surface area contributed by atoms with Gasteiger partial charge in [0.05, 0.1) is 12.7 Å². The van der Waals surface area contributed by atoms with E-state index in [-0.39, 0.29) is 12.1 Å². The van der Waals surface area contributed by atoms with Crippen LogP contribution in [0.15, 0.2) is 29.4 Å². The van der Waals surface area contributed by atoms with Crippen LogP contribution in [0.25, 0.3) is 0 Å². The van der Waals surface area contributed by atoms with Crippen molar-refractivity contribution in [3.05, 3.63) is 34.9 Å². The van der Waals surface area contributed by atoms with Crippen molar-refractivity contribution in [2.24, 2.45) is 16.7 Å². The molecule has 12 heteroatoms. The van der Waals surface area contributed by atoms with Crippen molar-refractivity contribution in [2.75, 3.05) is 43.9 Å². The zero-order valence-electron chi connectivity index (χ0n) is 18.9. The SMILES string of the molecule is CN(N)/N=C(\N)CC1CN(C2CCN(c3nnc(N)[nH]3)CC2)[C@@H](Cc2ccc(Cl)cc2)CO1. The normalized spacial score (nSPS) is 23.1. The number of halogens is 1. The van der Waals surface area contributed by atoms with Gasteiger partial charge in [0.2, 0.25) is 11.9 Å². The monoisotopic (exact) mass is 476 g/mol. The number of hydrogen-bond donors (Lipinski definition) is 4. The maximum Gasteiger partial charge on any atom is 0.226 e. The number of nitrogens with two attached hydrogens (primary N) is 3. The first-order chi connectivity index (χ1) is 15.9. The summed E-state index contributed by atoms with van der Waals surface area (Å²) in [4.78, 5) is 7.82. The molecule has 0 radical (unpaired) electrons. The van der Waals surface area contributed by atoms with E-state index in [0.29, 0.717) is 30.9 Å². The van der Waals surface area contributed by atoms with E-state index >= 15 is 0 Å². The van der Waals surface area contributed by atoms with Gasteiger partial charge in [0, 0.05) is 50.2 Å². The van der Waals surface area contributed by atoms with Crippen LogP contribution < -0.4 is 22.2 Å². The molecule has 1 aromatic heterocycles. The van der Waals surface area contributed by atoms with Crippen molar-refractivity contribution in [2.45, 2.75) is 43.9 Å². The number of hydrazine groups is 1. The minimum atomic E-state index is -0.0257. The number of nitrogens with zero attached hydrogens (tertiary/aromatic N) is 6. The molecule has 180 valence electrons. The van der Waals surface area contributed by atoms with Gasteiger partial charge in [0.1, 0.15) is 5.84 Å². The van der Waals surface area contributed by atoms with E-state index in [1.54, 1.807) is 7.05 Å². The molecule has 0 saturated carbocycles. The van der Waals surface area contributed by atoms with Gasteiger partial charge in [-0.05, 0) is 37.0 Å². The first-order valence-electron chi connectivity index (χ1n) is 11.2. The number of ether oxygens (including phenoxy) is 1. The highest BCUT2D eigenvalue weighted by molar-refractivity contribution is 6.30. The van der Waals surface area contributed by atoms with E-state index in [0.717, 1.165) is 49.9 Å². The summed E-state index contributed by atoms with van der Waals surface area (Å²) in [5.41, 5.74) is 13.0. The van der Waals surface area contributed by atoms with E-state index < -0.39 is 0 Å². The molecule has 2 aromatic rings. The summed E-state index contributed by atoms with van der Waals surface area (Å²) in [6.45, 7) is 3.20. The predicted molar refractivity (Wildman–Crippen MR) is 130 cm³/mol. The third-order valence-corrected chi connectivity index (χ3v) is 6.49. The van der Waals surface area contributed by atoms with Crippen LogP contribution in [0.5, 0.6) is 0 Å². The minimum Gasteiger partial charge on any atom is -0.386 e. The van der Waals surface area contributed by atoms with E-state index in [1.807, 2.05) is 12.1 Å². The molecule has 0 amide bonds. The number of rotatable bonds is 7. The molecule has 1 aromatic carbocycles. The Kier molecular flexibility index (Phi) is 7.53. The maximum absolute atomic E-state index is 6.22. The van der Waals surface area contributed by atoms with Crippen LogP contribution in [0.2, 0.25) is 5.02 Å². The van der Waals surface area contributed by atoms with Crippen LogP contribution in [-0.4, -0.2) is 82.5 Å². The first kappa shape index (κ1) is 23.6. The minimum absolute atomic E-state index is 0.0257. The second-order valence-electron chi connectivity index (χ2n) is 8.76. The average molecular weight is 477 g/mol. The lowest BCUT2D eigenvalue weighted by Crippen LogP contribution is -2.57. The molecule has 7 N–H and O–H groups in total. The number of amidine groups is 1. The van der Waals surface area contributed by atoms with Crippen LogP contribution in [0.1, 0.15) is 24.8 Å². The van der Waals surface area contributed by atoms with Gasteiger partial charge in [-0.3, -0.25) is 9.88 Å². The maximum atomic E-state index is 6.22. The average Bonchev–Trinajstić information content (AvgIpc) is 3.22. The molecule has 11 nitrogen and oxygen atoms in total. The molecular formula is C21H33ClN10O. The first-order valence-corrected chi connectivity index (χ1v) is 11.6. The summed E-state index contributed by atoms with van der Waals surface area (Å²) in [6.07, 6.45) is 3.45. The molecule has 2 aliphatic rings. The zero-order valence-corrected chi connectivity index (χ0v) is 19.7. The Labute approximate surface area is 198 Å². The van der Waals surface area contributed by atoms with Crippen molar-refractivity contribution in [3.63, 3.8) is 0 Å². The number of anilines is 2. The highest BCUT2D eigenvalue weighted by Gasteiger charge is 2.36. The second kappa shape index (κ2) is 10.6. The van der Waals surface area contributed by atoms with Crippen LogP contribution >= 0.6 is 11.6 Å².